The van der Waals surface area contributed by atoms with E-state index in [1.54, 1.807) is 14.2 Å². The summed E-state index contributed by atoms with van der Waals surface area (Å²) in [5.74, 6) is -0.811. The minimum absolute atomic E-state index is 0.220. The fourth-order valence-electron chi connectivity index (χ4n) is 3.23. The maximum Gasteiger partial charge on any atom is 0.432 e. The summed E-state index contributed by atoms with van der Waals surface area (Å²) >= 11 is 0. The minimum Gasteiger partial charge on any atom is -0.442 e. The van der Waals surface area contributed by atoms with E-state index in [0.29, 0.717) is 6.42 Å². The number of carbonyl (C=O) groups excluding carboxylic acids is 1. The third-order valence-electron chi connectivity index (χ3n) is 4.12. The third kappa shape index (κ3) is 2.13. The topological polar surface area (TPSA) is 82.0 Å². The number of hydrogen-bond acceptors (Lipinski definition) is 7. The van der Waals surface area contributed by atoms with E-state index in [1.807, 2.05) is 20.8 Å². The summed E-state index contributed by atoms with van der Waals surface area (Å²) in [6.45, 7) is 5.44. The van der Waals surface area contributed by atoms with Gasteiger partial charge in [-0.1, -0.05) is 5.22 Å². The van der Waals surface area contributed by atoms with E-state index in [1.165, 1.54) is 5.01 Å². The van der Waals surface area contributed by atoms with E-state index in [0.717, 1.165) is 0 Å². The summed E-state index contributed by atoms with van der Waals surface area (Å²) in [5.41, 5.74) is -0.577. The Morgan fingerprint density at radius 2 is 2.00 bits per heavy atom. The zero-order chi connectivity index (χ0) is 15.4. The molecule has 0 unspecified atom stereocenters. The first-order chi connectivity index (χ1) is 9.81. The summed E-state index contributed by atoms with van der Waals surface area (Å²) in [5, 5.41) is 9.43. The smallest absolute Gasteiger partial charge is 0.432 e. The van der Waals surface area contributed by atoms with E-state index in [-0.39, 0.29) is 24.3 Å². The first-order valence-electron chi connectivity index (χ1n) is 7.00. The highest BCUT2D eigenvalue weighted by Crippen LogP contribution is 2.49. The Bertz CT molecular complexity index is 471. The Labute approximate surface area is 123 Å². The molecule has 1 amide bonds. The van der Waals surface area contributed by atoms with Crippen LogP contribution in [0.1, 0.15) is 27.2 Å². The van der Waals surface area contributed by atoms with Gasteiger partial charge in [-0.05, 0) is 20.8 Å². The lowest BCUT2D eigenvalue weighted by Crippen LogP contribution is -2.56. The van der Waals surface area contributed by atoms with Crippen LogP contribution in [0.25, 0.3) is 0 Å². The molecule has 0 aromatic heterocycles. The van der Waals surface area contributed by atoms with Crippen LogP contribution in [-0.2, 0) is 18.9 Å². The van der Waals surface area contributed by atoms with Gasteiger partial charge >= 0.3 is 6.09 Å². The predicted molar refractivity (Wildman–Crippen MR) is 70.5 cm³/mol. The van der Waals surface area contributed by atoms with Gasteiger partial charge in [-0.3, -0.25) is 0 Å². The zero-order valence-electron chi connectivity index (χ0n) is 12.9. The second-order valence-corrected chi connectivity index (χ2v) is 6.53. The molecule has 21 heavy (non-hydrogen) atoms. The van der Waals surface area contributed by atoms with Crippen molar-refractivity contribution in [2.75, 3.05) is 14.2 Å². The Kier molecular flexibility index (Phi) is 3.23. The molecular weight excluding hydrogens is 278 g/mol. The average molecular weight is 299 g/mol. The number of nitrogens with zero attached hydrogens (tertiary/aromatic N) is 3. The van der Waals surface area contributed by atoms with Gasteiger partial charge < -0.3 is 18.9 Å². The van der Waals surface area contributed by atoms with Gasteiger partial charge in [0.2, 0.25) is 0 Å². The molecule has 8 nitrogen and oxygen atoms in total. The van der Waals surface area contributed by atoms with Crippen LogP contribution in [0.2, 0.25) is 0 Å². The lowest BCUT2D eigenvalue weighted by molar-refractivity contribution is -0.234. The fraction of sp³-hybridized carbons (Fsp3) is 0.923. The van der Waals surface area contributed by atoms with Gasteiger partial charge in [0.15, 0.2) is 5.79 Å². The first kappa shape index (κ1) is 14.7. The summed E-state index contributed by atoms with van der Waals surface area (Å²) in [4.78, 5) is 12.2. The summed E-state index contributed by atoms with van der Waals surface area (Å²) in [7, 11) is 3.17. The van der Waals surface area contributed by atoms with Crippen LogP contribution < -0.4 is 0 Å². The van der Waals surface area contributed by atoms with Crippen LogP contribution in [0.3, 0.4) is 0 Å². The average Bonchev–Trinajstić information content (AvgIpc) is 3.06. The molecule has 118 valence electrons. The van der Waals surface area contributed by atoms with Crippen LogP contribution in [0.4, 0.5) is 4.79 Å². The van der Waals surface area contributed by atoms with Crippen molar-refractivity contribution in [3.63, 3.8) is 0 Å². The van der Waals surface area contributed by atoms with E-state index in [4.69, 9.17) is 18.9 Å². The first-order valence-corrected chi connectivity index (χ1v) is 7.00. The molecule has 3 heterocycles. The molecule has 0 aliphatic carbocycles. The van der Waals surface area contributed by atoms with E-state index >= 15 is 0 Å². The highest BCUT2D eigenvalue weighted by atomic mass is 16.7. The van der Waals surface area contributed by atoms with E-state index in [2.05, 4.69) is 10.3 Å². The maximum absolute atomic E-state index is 12.2. The number of methoxy groups -OCH3 is 2. The second kappa shape index (κ2) is 4.62. The molecule has 3 aliphatic heterocycles. The van der Waals surface area contributed by atoms with Crippen LogP contribution in [0.15, 0.2) is 10.3 Å². The fourth-order valence-corrected chi connectivity index (χ4v) is 3.23. The second-order valence-electron chi connectivity index (χ2n) is 6.53. The highest BCUT2D eigenvalue weighted by molar-refractivity contribution is 5.68. The lowest BCUT2D eigenvalue weighted by Gasteiger charge is -2.36. The molecule has 0 N–H and O–H groups in total. The predicted octanol–water partition coefficient (Wildman–Crippen LogP) is 1.50. The molecular formula is C13H21N3O5. The monoisotopic (exact) mass is 299 g/mol. The molecule has 0 saturated carbocycles. The summed E-state index contributed by atoms with van der Waals surface area (Å²) < 4.78 is 22.2. The zero-order valence-corrected chi connectivity index (χ0v) is 12.9. The van der Waals surface area contributed by atoms with Gasteiger partial charge in [0, 0.05) is 20.6 Å². The van der Waals surface area contributed by atoms with Gasteiger partial charge in [0.1, 0.15) is 23.8 Å². The molecule has 2 saturated heterocycles. The third-order valence-corrected chi connectivity index (χ3v) is 4.12. The molecule has 0 radical (unpaired) electrons. The number of ether oxygens (including phenoxy) is 4. The standard InChI is InChI=1S/C13H21N3O5/c1-12(2,3)21-11(17)16-9-7-6-13(18-4,19-5)10(20-7)8(9)14-15-16/h7-10H,6H2,1-5H3/t7-,8+,9+,10+/m0/s1. The quantitative estimate of drug-likeness (QED) is 0.722. The molecule has 0 aromatic carbocycles. The SMILES string of the molecule is COC1(OC)C[C@@H]2O[C@@H]1[C@@H]1N=NN(C(=O)OC(C)(C)C)[C@@H]12. The molecule has 2 fully saturated rings. The number of carbonyl (C=O) groups is 1. The Balaban J connectivity index is 1.77. The van der Waals surface area contributed by atoms with Crippen LogP contribution in [-0.4, -0.2) is 61.0 Å². The Morgan fingerprint density at radius 3 is 2.57 bits per heavy atom. The van der Waals surface area contributed by atoms with Crippen molar-refractivity contribution >= 4 is 6.09 Å². The molecule has 4 atom stereocenters. The number of amides is 1. The maximum atomic E-state index is 12.2. The largest absolute Gasteiger partial charge is 0.442 e. The molecule has 3 aliphatic rings. The van der Waals surface area contributed by atoms with Gasteiger partial charge in [-0.25, -0.2) is 4.79 Å². The van der Waals surface area contributed by atoms with Gasteiger partial charge in [0.25, 0.3) is 0 Å². The van der Waals surface area contributed by atoms with Crippen LogP contribution >= 0.6 is 0 Å². The van der Waals surface area contributed by atoms with Crippen molar-refractivity contribution in [1.82, 2.24) is 5.01 Å². The van der Waals surface area contributed by atoms with Crippen molar-refractivity contribution in [3.05, 3.63) is 0 Å². The number of hydrogen-bond donors (Lipinski definition) is 0. The lowest BCUT2D eigenvalue weighted by atomic mass is 9.86. The van der Waals surface area contributed by atoms with Crippen LogP contribution in [0.5, 0.6) is 0 Å². The van der Waals surface area contributed by atoms with Crippen LogP contribution in [0, 0.1) is 0 Å². The van der Waals surface area contributed by atoms with Gasteiger partial charge in [0.05, 0.1) is 6.10 Å². The van der Waals surface area contributed by atoms with Crippen molar-refractivity contribution in [2.45, 2.75) is 62.9 Å². The molecule has 2 bridgehead atoms. The van der Waals surface area contributed by atoms with E-state index in [9.17, 15) is 4.79 Å². The number of rotatable bonds is 2. The molecule has 0 aromatic rings. The normalized spacial score (nSPS) is 36.1. The highest BCUT2D eigenvalue weighted by Gasteiger charge is 2.67. The minimum atomic E-state index is -0.811. The Morgan fingerprint density at radius 1 is 1.33 bits per heavy atom. The van der Waals surface area contributed by atoms with E-state index < -0.39 is 17.5 Å². The van der Waals surface area contributed by atoms with Crippen molar-refractivity contribution in [1.29, 1.82) is 0 Å². The Hall–Kier alpha value is -1.25. The van der Waals surface area contributed by atoms with Crippen molar-refractivity contribution in [3.8, 4) is 0 Å². The molecule has 3 rings (SSSR count). The summed E-state index contributed by atoms with van der Waals surface area (Å²) in [6.07, 6.45) is -0.549. The van der Waals surface area contributed by atoms with Gasteiger partial charge in [-0.15, -0.1) is 0 Å². The van der Waals surface area contributed by atoms with Gasteiger partial charge in [-0.2, -0.15) is 10.1 Å². The molecule has 8 heteroatoms. The number of fused-ring (bicyclic) bond motifs is 5. The molecule has 0 spiro atoms. The summed E-state index contributed by atoms with van der Waals surface area (Å²) in [6, 6.07) is -0.528. The van der Waals surface area contributed by atoms with Crippen molar-refractivity contribution in [2.24, 2.45) is 10.3 Å². The van der Waals surface area contributed by atoms with Crippen molar-refractivity contribution < 1.29 is 23.7 Å².